The van der Waals surface area contributed by atoms with E-state index in [1.54, 1.807) is 6.92 Å². The second kappa shape index (κ2) is 11.4. The number of halogens is 3. The van der Waals surface area contributed by atoms with Crippen molar-refractivity contribution in [3.8, 4) is 0 Å². The van der Waals surface area contributed by atoms with Crippen LogP contribution in [0.15, 0.2) is 18.2 Å². The first-order valence-corrected chi connectivity index (χ1v) is 11.9. The van der Waals surface area contributed by atoms with Crippen molar-refractivity contribution in [2.24, 2.45) is 0 Å². The van der Waals surface area contributed by atoms with Gasteiger partial charge in [0.2, 0.25) is 24.0 Å². The summed E-state index contributed by atoms with van der Waals surface area (Å²) in [6.45, 7) is 3.42. The summed E-state index contributed by atoms with van der Waals surface area (Å²) in [7, 11) is 0. The maximum Gasteiger partial charge on any atom is 0.310 e. The molecule has 0 aliphatic carbocycles. The Balaban J connectivity index is 1.68. The normalized spacial score (nSPS) is 23.2. The Labute approximate surface area is 216 Å². The number of nitrogens with one attached hydrogen (secondary N) is 3. The number of benzene rings is 1. The van der Waals surface area contributed by atoms with Crippen molar-refractivity contribution < 1.29 is 42.2 Å². The summed E-state index contributed by atoms with van der Waals surface area (Å²) in [6.07, 6.45) is -2.19. The molecule has 0 radical (unpaired) electrons. The lowest BCUT2D eigenvalue weighted by atomic mass is 10.1. The lowest BCUT2D eigenvalue weighted by Crippen LogP contribution is -2.54. The molecule has 4 amide bonds. The van der Waals surface area contributed by atoms with E-state index < -0.39 is 67.0 Å². The Morgan fingerprint density at radius 1 is 1.30 bits per heavy atom. The van der Waals surface area contributed by atoms with Gasteiger partial charge in [-0.1, -0.05) is 11.6 Å². The van der Waals surface area contributed by atoms with E-state index in [4.69, 9.17) is 21.1 Å². The first-order chi connectivity index (χ1) is 17.3. The number of nitrogens with zero attached hydrogens (tertiary/aromatic N) is 1. The zero-order chi connectivity index (χ0) is 27.5. The van der Waals surface area contributed by atoms with Crippen molar-refractivity contribution in [3.63, 3.8) is 0 Å². The minimum Gasteiger partial charge on any atom is -0.433 e. The van der Waals surface area contributed by atoms with E-state index in [0.717, 1.165) is 0 Å². The number of hydrogen-bond donors (Lipinski definition) is 3. The number of likely N-dealkylation sites (tertiary alicyclic amines) is 1. The van der Waals surface area contributed by atoms with Gasteiger partial charge in [0.05, 0.1) is 23.7 Å². The highest BCUT2D eigenvalue weighted by Crippen LogP contribution is 2.33. The molecule has 0 unspecified atom stereocenters. The number of ether oxygens (including phenoxy) is 2. The molecule has 0 spiro atoms. The van der Waals surface area contributed by atoms with Crippen LogP contribution in [-0.2, 0) is 28.7 Å². The van der Waals surface area contributed by atoms with E-state index in [1.807, 2.05) is 0 Å². The summed E-state index contributed by atoms with van der Waals surface area (Å²) in [5.74, 6) is -6.82. The summed E-state index contributed by atoms with van der Waals surface area (Å²) >= 11 is 6.08. The van der Waals surface area contributed by atoms with Gasteiger partial charge < -0.3 is 30.3 Å². The monoisotopic (exact) mass is 544 g/mol. The largest absolute Gasteiger partial charge is 0.433 e. The van der Waals surface area contributed by atoms with Crippen LogP contribution >= 0.6 is 11.6 Å². The fourth-order valence-electron chi connectivity index (χ4n) is 4.07. The lowest BCUT2D eigenvalue weighted by molar-refractivity contribution is -0.164. The van der Waals surface area contributed by atoms with Crippen LogP contribution in [-0.4, -0.2) is 78.0 Å². The van der Waals surface area contributed by atoms with Crippen molar-refractivity contribution in [2.75, 3.05) is 18.5 Å². The standard InChI is InChI=1S/C23H27ClF2N4O7/c1-4-36-22-16(8-18(32)37-22)29-20(34)17-9-23(25,26)10-30(17)21(35)11(2)27-19(33)13-5-6-15(14(24)7-13)28-12(3)31/h5-7,11,16-17,22H,4,8-10H2,1-3H3,(H,27,33)(H,28,31)(H,29,34)/t11-,16-,17-,22+/m0/s1. The number of carbonyl (C=O) groups excluding carboxylic acids is 5. The SMILES string of the molecule is CCO[C@@H]1OC(=O)C[C@@H]1NC(=O)[C@@H]1CC(F)(F)CN1C(=O)[C@H](C)NC(=O)c1ccc(NC(C)=O)c(Cl)c1. The summed E-state index contributed by atoms with van der Waals surface area (Å²) in [5, 5.41) is 7.45. The van der Waals surface area contributed by atoms with E-state index in [1.165, 1.54) is 32.0 Å². The zero-order valence-electron chi connectivity index (χ0n) is 20.3. The molecule has 1 aromatic carbocycles. The van der Waals surface area contributed by atoms with Gasteiger partial charge in [0.15, 0.2) is 0 Å². The minimum atomic E-state index is -3.34. The molecule has 0 bridgehead atoms. The van der Waals surface area contributed by atoms with Gasteiger partial charge in [-0.15, -0.1) is 0 Å². The van der Waals surface area contributed by atoms with E-state index >= 15 is 0 Å². The lowest BCUT2D eigenvalue weighted by Gasteiger charge is -2.28. The van der Waals surface area contributed by atoms with E-state index in [9.17, 15) is 32.8 Å². The van der Waals surface area contributed by atoms with Gasteiger partial charge in [-0.2, -0.15) is 0 Å². The third kappa shape index (κ3) is 6.92. The summed E-state index contributed by atoms with van der Waals surface area (Å²) in [4.78, 5) is 62.1. The maximum atomic E-state index is 14.3. The van der Waals surface area contributed by atoms with Gasteiger partial charge >= 0.3 is 5.97 Å². The Hall–Kier alpha value is -3.32. The summed E-state index contributed by atoms with van der Waals surface area (Å²) in [6, 6.07) is 0.348. The van der Waals surface area contributed by atoms with Crippen LogP contribution < -0.4 is 16.0 Å². The number of carbonyl (C=O) groups is 5. The third-order valence-corrected chi connectivity index (χ3v) is 6.05. The number of amides is 4. The van der Waals surface area contributed by atoms with Crippen molar-refractivity contribution in [3.05, 3.63) is 28.8 Å². The summed E-state index contributed by atoms with van der Waals surface area (Å²) in [5.41, 5.74) is 0.344. The predicted molar refractivity (Wildman–Crippen MR) is 126 cm³/mol. The highest BCUT2D eigenvalue weighted by Gasteiger charge is 2.51. The van der Waals surface area contributed by atoms with Crippen LogP contribution in [0.5, 0.6) is 0 Å². The van der Waals surface area contributed by atoms with Gasteiger partial charge in [0, 0.05) is 25.5 Å². The second-order valence-electron chi connectivity index (χ2n) is 8.75. The van der Waals surface area contributed by atoms with Crippen LogP contribution in [0.4, 0.5) is 14.5 Å². The van der Waals surface area contributed by atoms with Crippen molar-refractivity contribution >= 4 is 46.9 Å². The molecule has 4 atom stereocenters. The second-order valence-corrected chi connectivity index (χ2v) is 9.15. The van der Waals surface area contributed by atoms with Crippen LogP contribution in [0.2, 0.25) is 5.02 Å². The van der Waals surface area contributed by atoms with E-state index in [2.05, 4.69) is 16.0 Å². The van der Waals surface area contributed by atoms with Crippen LogP contribution in [0.25, 0.3) is 0 Å². The molecule has 0 aromatic heterocycles. The molecule has 2 aliphatic rings. The highest BCUT2D eigenvalue weighted by atomic mass is 35.5. The molecule has 2 fully saturated rings. The number of hydrogen-bond acceptors (Lipinski definition) is 7. The summed E-state index contributed by atoms with van der Waals surface area (Å²) < 4.78 is 38.8. The number of rotatable bonds is 8. The Kier molecular flexibility index (Phi) is 8.69. The minimum absolute atomic E-state index is 0.0627. The topological polar surface area (TPSA) is 143 Å². The molecule has 2 heterocycles. The van der Waals surface area contributed by atoms with Gasteiger partial charge in [-0.3, -0.25) is 24.0 Å². The molecule has 3 rings (SSSR count). The number of esters is 1. The predicted octanol–water partition coefficient (Wildman–Crippen LogP) is 1.45. The molecular formula is C23H27ClF2N4O7. The van der Waals surface area contributed by atoms with E-state index in [0.29, 0.717) is 4.90 Å². The quantitative estimate of drug-likeness (QED) is 0.420. The molecular weight excluding hydrogens is 518 g/mol. The first-order valence-electron chi connectivity index (χ1n) is 11.5. The van der Waals surface area contributed by atoms with Crippen LogP contribution in [0.3, 0.4) is 0 Å². The molecule has 11 nitrogen and oxygen atoms in total. The molecule has 14 heteroatoms. The van der Waals surface area contributed by atoms with Crippen molar-refractivity contribution in [2.45, 2.75) is 64.0 Å². The Bertz CT molecular complexity index is 1100. The fraction of sp³-hybridized carbons (Fsp3) is 0.522. The van der Waals surface area contributed by atoms with Crippen molar-refractivity contribution in [1.29, 1.82) is 0 Å². The zero-order valence-corrected chi connectivity index (χ0v) is 21.1. The van der Waals surface area contributed by atoms with Gasteiger partial charge in [-0.05, 0) is 32.0 Å². The number of anilines is 1. The average Bonchev–Trinajstić information content (AvgIpc) is 3.32. The maximum absolute atomic E-state index is 14.3. The molecule has 202 valence electrons. The average molecular weight is 545 g/mol. The van der Waals surface area contributed by atoms with Crippen molar-refractivity contribution in [1.82, 2.24) is 15.5 Å². The smallest absolute Gasteiger partial charge is 0.310 e. The Morgan fingerprint density at radius 2 is 2.00 bits per heavy atom. The number of alkyl halides is 2. The fourth-order valence-corrected chi connectivity index (χ4v) is 4.30. The van der Waals surface area contributed by atoms with Crippen LogP contribution in [0.1, 0.15) is 44.0 Å². The third-order valence-electron chi connectivity index (χ3n) is 5.74. The van der Waals surface area contributed by atoms with E-state index in [-0.39, 0.29) is 35.2 Å². The molecule has 0 saturated carbocycles. The highest BCUT2D eigenvalue weighted by molar-refractivity contribution is 6.34. The number of cyclic esters (lactones) is 1. The molecule has 2 saturated heterocycles. The molecule has 3 N–H and O–H groups in total. The van der Waals surface area contributed by atoms with Gasteiger partial charge in [0.1, 0.15) is 18.1 Å². The molecule has 2 aliphatic heterocycles. The van der Waals surface area contributed by atoms with Gasteiger partial charge in [-0.25, -0.2) is 8.78 Å². The van der Waals surface area contributed by atoms with Crippen LogP contribution in [0, 0.1) is 0 Å². The molecule has 37 heavy (non-hydrogen) atoms. The Morgan fingerprint density at radius 3 is 2.62 bits per heavy atom. The van der Waals surface area contributed by atoms with Gasteiger partial charge in [0.25, 0.3) is 11.8 Å². The first kappa shape index (κ1) is 28.3. The molecule has 1 aromatic rings.